The van der Waals surface area contributed by atoms with Crippen LogP contribution in [-0.2, 0) is 0 Å². The Morgan fingerprint density at radius 1 is 0.423 bits per heavy atom. The van der Waals surface area contributed by atoms with Crippen molar-refractivity contribution in [3.8, 4) is 0 Å². The van der Waals surface area contributed by atoms with Crippen LogP contribution in [0, 0.1) is 40.8 Å². The summed E-state index contributed by atoms with van der Waals surface area (Å²) in [4.78, 5) is 16.3. The maximum atomic E-state index is 5.53. The van der Waals surface area contributed by atoms with Gasteiger partial charge in [-0.15, -0.1) is 0 Å². The fourth-order valence-electron chi connectivity index (χ4n) is 9.68. The van der Waals surface area contributed by atoms with Crippen LogP contribution in [0.4, 0.5) is 11.4 Å². The van der Waals surface area contributed by atoms with Gasteiger partial charge < -0.3 is 37.2 Å². The molecule has 0 atom stereocenters. The van der Waals surface area contributed by atoms with E-state index in [4.69, 9.17) is 15.0 Å². The summed E-state index contributed by atoms with van der Waals surface area (Å²) < 4.78 is 0. The van der Waals surface area contributed by atoms with E-state index in [-0.39, 0.29) is 78.1 Å². The van der Waals surface area contributed by atoms with Crippen molar-refractivity contribution >= 4 is 22.8 Å². The van der Waals surface area contributed by atoms with Crippen molar-refractivity contribution < 1.29 is 78.1 Å². The molecular weight excluding hydrogens is 833 g/mol. The topological polar surface area (TPSA) is 37.6 Å². The summed E-state index contributed by atoms with van der Waals surface area (Å²) in [6.07, 6.45) is 26.6. The predicted octanol–water partition coefficient (Wildman–Crippen LogP) is 4.57. The molecule has 1 radical (unpaired) electrons. The van der Waals surface area contributed by atoms with Crippen molar-refractivity contribution in [2.75, 3.05) is 0 Å². The van der Waals surface area contributed by atoms with E-state index >= 15 is 0 Å². The number of halogens is 3. The molecule has 0 unspecified atom stereocenters. The van der Waals surface area contributed by atoms with Crippen LogP contribution in [-0.4, -0.2) is 16.4 Å². The minimum atomic E-state index is 0. The normalized spacial score (nSPS) is 19.8. The van der Waals surface area contributed by atoms with Crippen LogP contribution in [0.1, 0.15) is 200 Å². The minimum Gasteiger partial charge on any atom is -1.00 e. The SMILES string of the molecule is CC(=Nc1c(C2CCCCC2)cccc1C1CCCCC1)c1cccc(C(C)=Nc2c(C3CCCCC3)cccc2C2CCCCC2)n1.[Cl-].[Cl-].[Cl-].[Nd+3]. The van der Waals surface area contributed by atoms with E-state index in [9.17, 15) is 0 Å². The van der Waals surface area contributed by atoms with Crippen LogP contribution in [0.5, 0.6) is 0 Å². The molecule has 0 amide bonds. The third kappa shape index (κ3) is 11.1. The molecule has 4 saturated carbocycles. The third-order valence-corrected chi connectivity index (χ3v) is 12.4. The van der Waals surface area contributed by atoms with Crippen LogP contribution in [0.15, 0.2) is 64.6 Å². The van der Waals surface area contributed by atoms with Gasteiger partial charge in [0.1, 0.15) is 0 Å². The van der Waals surface area contributed by atoms with Gasteiger partial charge in [0.25, 0.3) is 0 Å². The van der Waals surface area contributed by atoms with Crippen molar-refractivity contribution in [3.63, 3.8) is 0 Å². The number of hydrogen-bond acceptors (Lipinski definition) is 3. The zero-order valence-electron chi connectivity index (χ0n) is 31.6. The number of para-hydroxylation sites is 2. The molecule has 2 aromatic carbocycles. The molecule has 4 aliphatic carbocycles. The van der Waals surface area contributed by atoms with E-state index in [0.717, 1.165) is 22.8 Å². The molecule has 1 heterocycles. The summed E-state index contributed by atoms with van der Waals surface area (Å²) >= 11 is 0. The zero-order chi connectivity index (χ0) is 32.7. The Labute approximate surface area is 366 Å². The molecule has 4 aliphatic rings. The van der Waals surface area contributed by atoms with E-state index in [2.05, 4.69) is 68.4 Å². The van der Waals surface area contributed by atoms with E-state index < -0.39 is 0 Å². The van der Waals surface area contributed by atoms with Gasteiger partial charge in [0.05, 0.1) is 34.2 Å². The largest absolute Gasteiger partial charge is 3.00 e. The third-order valence-electron chi connectivity index (χ3n) is 12.4. The predicted molar refractivity (Wildman–Crippen MR) is 204 cm³/mol. The minimum absolute atomic E-state index is 0. The number of benzene rings is 2. The fraction of sp³-hybridized carbons (Fsp3) is 0.578. The van der Waals surface area contributed by atoms with Gasteiger partial charge in [0.2, 0.25) is 0 Å². The monoisotopic (exact) mass is 888 g/mol. The van der Waals surface area contributed by atoms with E-state index in [1.807, 2.05) is 0 Å². The fourth-order valence-corrected chi connectivity index (χ4v) is 9.68. The second-order valence-corrected chi connectivity index (χ2v) is 15.7. The Hall–Kier alpha value is -0.849. The summed E-state index contributed by atoms with van der Waals surface area (Å²) in [6.45, 7) is 4.36. The van der Waals surface area contributed by atoms with Crippen molar-refractivity contribution in [2.45, 2.75) is 166 Å². The summed E-state index contributed by atoms with van der Waals surface area (Å²) in [5.74, 6) is 2.52. The maximum absolute atomic E-state index is 5.53. The number of rotatable bonds is 8. The van der Waals surface area contributed by atoms with Crippen LogP contribution in [0.2, 0.25) is 0 Å². The molecule has 0 aliphatic heterocycles. The van der Waals surface area contributed by atoms with Crippen LogP contribution < -0.4 is 37.2 Å². The van der Waals surface area contributed by atoms with Crippen molar-refractivity contribution in [1.82, 2.24) is 4.98 Å². The average Bonchev–Trinajstić information content (AvgIpc) is 3.16. The summed E-state index contributed by atoms with van der Waals surface area (Å²) in [6, 6.07) is 20.7. The molecule has 0 spiro atoms. The van der Waals surface area contributed by atoms with Crippen molar-refractivity contribution in [1.29, 1.82) is 0 Å². The first-order valence-electron chi connectivity index (χ1n) is 20.0. The summed E-state index contributed by atoms with van der Waals surface area (Å²) in [5.41, 5.74) is 12.5. The second-order valence-electron chi connectivity index (χ2n) is 15.7. The molecule has 52 heavy (non-hydrogen) atoms. The Bertz CT molecular complexity index is 1410. The number of hydrogen-bond donors (Lipinski definition) is 0. The quantitative estimate of drug-likeness (QED) is 0.306. The summed E-state index contributed by atoms with van der Waals surface area (Å²) in [5, 5.41) is 0. The van der Waals surface area contributed by atoms with Gasteiger partial charge in [0, 0.05) is 0 Å². The first-order chi connectivity index (χ1) is 23.7. The molecule has 7 rings (SSSR count). The second kappa shape index (κ2) is 22.6. The van der Waals surface area contributed by atoms with Gasteiger partial charge in [-0.1, -0.05) is 120 Å². The Kier molecular flexibility index (Phi) is 19.8. The van der Waals surface area contributed by atoms with Gasteiger partial charge in [-0.2, -0.15) is 0 Å². The van der Waals surface area contributed by atoms with Crippen LogP contribution in [0.25, 0.3) is 0 Å². The smallest absolute Gasteiger partial charge is 1.00 e. The number of pyridine rings is 1. The first-order valence-corrected chi connectivity index (χ1v) is 20.0. The molecule has 7 heteroatoms. The number of nitrogens with zero attached hydrogens (tertiary/aromatic N) is 3. The van der Waals surface area contributed by atoms with E-state index in [1.54, 1.807) is 0 Å². The molecular formula is C45H59Cl3N3Nd. The molecule has 3 nitrogen and oxygen atoms in total. The van der Waals surface area contributed by atoms with Crippen molar-refractivity contribution in [2.24, 2.45) is 9.98 Å². The Morgan fingerprint density at radius 3 is 0.942 bits per heavy atom. The molecule has 1 aromatic heterocycles. The average molecular weight is 893 g/mol. The molecule has 4 fully saturated rings. The molecule has 279 valence electrons. The molecule has 3 aromatic rings. The van der Waals surface area contributed by atoms with Gasteiger partial charge in [-0.05, 0) is 123 Å². The maximum Gasteiger partial charge on any atom is 3.00 e. The van der Waals surface area contributed by atoms with E-state index in [0.29, 0.717) is 23.7 Å². The molecule has 0 N–H and O–H groups in total. The Balaban J connectivity index is 0.00000182. The van der Waals surface area contributed by atoms with E-state index in [1.165, 1.54) is 162 Å². The van der Waals surface area contributed by atoms with Crippen molar-refractivity contribution in [3.05, 3.63) is 88.2 Å². The van der Waals surface area contributed by atoms with Gasteiger partial charge >= 0.3 is 40.8 Å². The molecule has 0 bridgehead atoms. The van der Waals surface area contributed by atoms with Crippen LogP contribution in [0.3, 0.4) is 0 Å². The number of aliphatic imine (C=N–C) groups is 2. The first kappa shape index (κ1) is 45.5. The molecule has 0 saturated heterocycles. The van der Waals surface area contributed by atoms with Crippen LogP contribution >= 0.6 is 0 Å². The Morgan fingerprint density at radius 2 is 0.673 bits per heavy atom. The number of aromatic nitrogens is 1. The standard InChI is InChI=1S/C45H59N3.3ClH.Nd/c1-32(46-44-38(34-18-7-3-8-19-34)26-15-27-39(44)35-20-9-4-10-21-35)42-30-17-31-43(48-42)33(2)47-45-40(36-22-11-5-12-23-36)28-16-29-41(45)37-24-13-6-14-25-37;;;;/h15-17,26-31,34-37H,3-14,18-25H2,1-2H3;3*1H;/q;;;;+3/p-3. The van der Waals surface area contributed by atoms with Gasteiger partial charge in [-0.25, -0.2) is 4.98 Å². The summed E-state index contributed by atoms with van der Waals surface area (Å²) in [7, 11) is 0. The zero-order valence-corrected chi connectivity index (χ0v) is 37.1. The van der Waals surface area contributed by atoms with Gasteiger partial charge in [-0.3, -0.25) is 9.98 Å². The van der Waals surface area contributed by atoms with Gasteiger partial charge in [0.15, 0.2) is 0 Å².